The standard InChI is InChI=1S/C25H26N4O3/c1-28(18-19-10-4-2-5-11-19)17-16-26-23(30)25(32)21-14-8-9-15-22(21)27-24(31)29(25)20-12-6-3-7-13-20/h2-15,32H,16-18H2,1H3,(H,26,30)(H,27,31)/p+1. The van der Waals surface area contributed by atoms with Gasteiger partial charge in [0.15, 0.2) is 0 Å². The second-order valence-electron chi connectivity index (χ2n) is 7.94. The third-order valence-electron chi connectivity index (χ3n) is 5.59. The van der Waals surface area contributed by atoms with Crippen LogP contribution in [0.1, 0.15) is 11.1 Å². The zero-order valence-electron chi connectivity index (χ0n) is 17.9. The summed E-state index contributed by atoms with van der Waals surface area (Å²) in [4.78, 5) is 28.6. The average Bonchev–Trinajstić information content (AvgIpc) is 2.80. The number of benzene rings is 3. The third-order valence-corrected chi connectivity index (χ3v) is 5.59. The molecule has 0 bridgehead atoms. The summed E-state index contributed by atoms with van der Waals surface area (Å²) in [6.07, 6.45) is 0. The maximum absolute atomic E-state index is 13.4. The Balaban J connectivity index is 1.54. The summed E-state index contributed by atoms with van der Waals surface area (Å²) in [6.45, 7) is 1.84. The molecule has 0 aromatic heterocycles. The van der Waals surface area contributed by atoms with Crippen LogP contribution in [0.4, 0.5) is 16.2 Å². The van der Waals surface area contributed by atoms with Crippen molar-refractivity contribution in [2.45, 2.75) is 12.3 Å². The second-order valence-corrected chi connectivity index (χ2v) is 7.94. The van der Waals surface area contributed by atoms with Gasteiger partial charge in [0.1, 0.15) is 6.54 Å². The van der Waals surface area contributed by atoms with E-state index in [0.717, 1.165) is 11.4 Å². The van der Waals surface area contributed by atoms with E-state index in [0.29, 0.717) is 30.0 Å². The van der Waals surface area contributed by atoms with Crippen LogP contribution in [-0.2, 0) is 17.1 Å². The minimum Gasteiger partial charge on any atom is -0.359 e. The van der Waals surface area contributed by atoms with Crippen LogP contribution >= 0.6 is 0 Å². The predicted octanol–water partition coefficient (Wildman–Crippen LogP) is 1.71. The van der Waals surface area contributed by atoms with E-state index in [4.69, 9.17) is 0 Å². The number of hydrogen-bond donors (Lipinski definition) is 4. The van der Waals surface area contributed by atoms with Gasteiger partial charge in [-0.2, -0.15) is 0 Å². The van der Waals surface area contributed by atoms with Crippen molar-refractivity contribution in [3.05, 3.63) is 96.1 Å². The van der Waals surface area contributed by atoms with E-state index in [2.05, 4.69) is 22.8 Å². The molecule has 0 saturated carbocycles. The minimum atomic E-state index is -2.17. The van der Waals surface area contributed by atoms with E-state index in [1.54, 1.807) is 48.5 Å². The molecule has 4 N–H and O–H groups in total. The van der Waals surface area contributed by atoms with Gasteiger partial charge in [-0.15, -0.1) is 0 Å². The number of nitrogens with zero attached hydrogens (tertiary/aromatic N) is 1. The second kappa shape index (κ2) is 9.21. The Morgan fingerprint density at radius 3 is 2.34 bits per heavy atom. The van der Waals surface area contributed by atoms with Gasteiger partial charge in [-0.3, -0.25) is 9.69 Å². The lowest BCUT2D eigenvalue weighted by atomic mass is 9.95. The summed E-state index contributed by atoms with van der Waals surface area (Å²) >= 11 is 0. The van der Waals surface area contributed by atoms with Crippen molar-refractivity contribution in [3.8, 4) is 0 Å². The number of urea groups is 1. The summed E-state index contributed by atoms with van der Waals surface area (Å²) in [5.74, 6) is -0.642. The van der Waals surface area contributed by atoms with E-state index in [1.807, 2.05) is 31.3 Å². The molecule has 2 atom stereocenters. The van der Waals surface area contributed by atoms with Gasteiger partial charge in [0, 0.05) is 16.8 Å². The molecule has 3 aromatic carbocycles. The number of nitrogens with one attached hydrogen (secondary N) is 3. The molecule has 32 heavy (non-hydrogen) atoms. The molecular weight excluding hydrogens is 404 g/mol. The lowest BCUT2D eigenvalue weighted by molar-refractivity contribution is -0.892. The molecule has 1 aliphatic heterocycles. The van der Waals surface area contributed by atoms with Crippen LogP contribution in [0.2, 0.25) is 0 Å². The van der Waals surface area contributed by atoms with Crippen LogP contribution in [0.3, 0.4) is 0 Å². The molecule has 0 fully saturated rings. The fourth-order valence-electron chi connectivity index (χ4n) is 3.99. The lowest BCUT2D eigenvalue weighted by Crippen LogP contribution is -3.08. The molecule has 1 heterocycles. The van der Waals surface area contributed by atoms with Crippen molar-refractivity contribution >= 4 is 23.3 Å². The van der Waals surface area contributed by atoms with Crippen molar-refractivity contribution in [3.63, 3.8) is 0 Å². The number of hydrogen-bond acceptors (Lipinski definition) is 3. The first kappa shape index (κ1) is 21.5. The first-order chi connectivity index (χ1) is 15.5. The van der Waals surface area contributed by atoms with Gasteiger partial charge in [-0.05, 0) is 18.2 Å². The van der Waals surface area contributed by atoms with Gasteiger partial charge in [0.2, 0.25) is 0 Å². The third kappa shape index (κ3) is 4.21. The molecule has 0 radical (unpaired) electrons. The number of quaternary nitrogens is 1. The highest BCUT2D eigenvalue weighted by Gasteiger charge is 2.51. The van der Waals surface area contributed by atoms with Crippen LogP contribution in [0.25, 0.3) is 0 Å². The Kier molecular flexibility index (Phi) is 6.20. The molecule has 0 saturated heterocycles. The number of para-hydroxylation sites is 2. The normalized spacial score (nSPS) is 18.4. The number of amides is 3. The number of fused-ring (bicyclic) bond motifs is 1. The Morgan fingerprint density at radius 1 is 1.00 bits per heavy atom. The highest BCUT2D eigenvalue weighted by Crippen LogP contribution is 2.39. The van der Waals surface area contributed by atoms with Crippen molar-refractivity contribution in [1.82, 2.24) is 5.32 Å². The molecule has 3 amide bonds. The van der Waals surface area contributed by atoms with E-state index >= 15 is 0 Å². The van der Waals surface area contributed by atoms with E-state index < -0.39 is 17.7 Å². The van der Waals surface area contributed by atoms with Crippen molar-refractivity contribution < 1.29 is 19.6 Å². The average molecular weight is 432 g/mol. The number of carbonyl (C=O) groups excluding carboxylic acids is 2. The Bertz CT molecular complexity index is 1090. The molecule has 3 aromatic rings. The smallest absolute Gasteiger partial charge is 0.329 e. The monoisotopic (exact) mass is 431 g/mol. The number of aliphatic hydroxyl groups is 1. The molecule has 0 aliphatic carbocycles. The van der Waals surface area contributed by atoms with Crippen LogP contribution in [0.15, 0.2) is 84.9 Å². The van der Waals surface area contributed by atoms with Crippen LogP contribution in [0, 0.1) is 0 Å². The Hall–Kier alpha value is -3.68. The quantitative estimate of drug-likeness (QED) is 0.460. The van der Waals surface area contributed by atoms with E-state index in [1.165, 1.54) is 10.5 Å². The first-order valence-electron chi connectivity index (χ1n) is 10.6. The first-order valence-corrected chi connectivity index (χ1v) is 10.6. The van der Waals surface area contributed by atoms with Gasteiger partial charge in [0.25, 0.3) is 11.6 Å². The zero-order chi connectivity index (χ0) is 22.6. The summed E-state index contributed by atoms with van der Waals surface area (Å²) in [6, 6.07) is 25.0. The molecule has 1 aliphatic rings. The van der Waals surface area contributed by atoms with Gasteiger partial charge in [-0.25, -0.2) is 4.79 Å². The molecule has 4 rings (SSSR count). The summed E-state index contributed by atoms with van der Waals surface area (Å²) in [5.41, 5.74) is 0.195. The lowest BCUT2D eigenvalue weighted by Gasteiger charge is -2.42. The minimum absolute atomic E-state index is 0.325. The number of carbonyl (C=O) groups is 2. The molecular formula is C25H27N4O3+. The fourth-order valence-corrected chi connectivity index (χ4v) is 3.99. The number of rotatable bonds is 7. The van der Waals surface area contributed by atoms with E-state index in [9.17, 15) is 14.7 Å². The van der Waals surface area contributed by atoms with E-state index in [-0.39, 0.29) is 0 Å². The predicted molar refractivity (Wildman–Crippen MR) is 123 cm³/mol. The largest absolute Gasteiger partial charge is 0.359 e. The molecule has 0 spiro atoms. The van der Waals surface area contributed by atoms with Crippen LogP contribution in [0.5, 0.6) is 0 Å². The summed E-state index contributed by atoms with van der Waals surface area (Å²) in [7, 11) is 2.05. The molecule has 2 unspecified atom stereocenters. The van der Waals surface area contributed by atoms with Gasteiger partial charge in [-0.1, -0.05) is 66.7 Å². The van der Waals surface area contributed by atoms with Gasteiger partial charge in [0.05, 0.1) is 25.8 Å². The zero-order valence-corrected chi connectivity index (χ0v) is 17.9. The Morgan fingerprint density at radius 2 is 1.62 bits per heavy atom. The molecule has 7 heteroatoms. The maximum Gasteiger partial charge on any atom is 0.329 e. The fraction of sp³-hybridized carbons (Fsp3) is 0.200. The molecule has 7 nitrogen and oxygen atoms in total. The highest BCUT2D eigenvalue weighted by atomic mass is 16.3. The van der Waals surface area contributed by atoms with Gasteiger partial charge >= 0.3 is 6.03 Å². The van der Waals surface area contributed by atoms with Crippen LogP contribution < -0.4 is 20.4 Å². The summed E-state index contributed by atoms with van der Waals surface area (Å²) < 4.78 is 0. The molecule has 164 valence electrons. The van der Waals surface area contributed by atoms with Crippen molar-refractivity contribution in [2.75, 3.05) is 30.4 Å². The van der Waals surface area contributed by atoms with Crippen LogP contribution in [-0.4, -0.2) is 37.2 Å². The number of likely N-dealkylation sites (N-methyl/N-ethyl adjacent to an activating group) is 1. The number of anilines is 2. The van der Waals surface area contributed by atoms with Crippen molar-refractivity contribution in [2.24, 2.45) is 0 Å². The maximum atomic E-state index is 13.4. The topological polar surface area (TPSA) is 86.1 Å². The summed E-state index contributed by atoms with van der Waals surface area (Å²) in [5, 5.41) is 17.3. The van der Waals surface area contributed by atoms with Crippen molar-refractivity contribution in [1.29, 1.82) is 0 Å². The van der Waals surface area contributed by atoms with Gasteiger partial charge < -0.3 is 20.6 Å². The SMILES string of the molecule is C[NH+](CCNC(=O)C1(O)c2ccccc2NC(=O)N1c1ccccc1)Cc1ccccc1. The Labute approximate surface area is 187 Å². The highest BCUT2D eigenvalue weighted by molar-refractivity contribution is 6.11.